The predicted molar refractivity (Wildman–Crippen MR) is 51.0 cm³/mol. The summed E-state index contributed by atoms with van der Waals surface area (Å²) in [4.78, 5) is 23.1. The molecule has 2 aliphatic rings. The number of amides is 2. The topological polar surface area (TPSA) is 49.9 Å². The first-order chi connectivity index (χ1) is 6.86. The number of carbonyl (C=O) groups excluding carboxylic acids is 2. The summed E-state index contributed by atoms with van der Waals surface area (Å²) < 4.78 is 11.1. The second-order valence-electron chi connectivity index (χ2n) is 3.30. The molecule has 4 nitrogen and oxygen atoms in total. The SMILES string of the molecule is CC1=C(C)C(=O)N(C)C1=O.[2H][C-]1OC1C.[W]. The maximum absolute atomic E-state index is 11.0. The summed E-state index contributed by atoms with van der Waals surface area (Å²) in [6, 6.07) is 0. The van der Waals surface area contributed by atoms with Crippen LogP contribution in [-0.2, 0) is 35.4 Å². The minimum absolute atomic E-state index is 0. The van der Waals surface area contributed by atoms with Gasteiger partial charge in [-0.05, 0) is 13.8 Å². The van der Waals surface area contributed by atoms with E-state index in [1.165, 1.54) is 7.05 Å². The molecule has 2 amide bonds. The van der Waals surface area contributed by atoms with Crippen molar-refractivity contribution in [1.29, 1.82) is 0 Å². The summed E-state index contributed by atoms with van der Waals surface area (Å²) in [6.45, 7) is 5.60. The van der Waals surface area contributed by atoms with Crippen LogP contribution in [0.5, 0.6) is 0 Å². The van der Waals surface area contributed by atoms with Crippen LogP contribution in [0.4, 0.5) is 0 Å². The van der Waals surface area contributed by atoms with Gasteiger partial charge in [0.25, 0.3) is 11.8 Å². The van der Waals surface area contributed by atoms with Gasteiger partial charge in [-0.2, -0.15) is 7.95 Å². The summed E-state index contributed by atoms with van der Waals surface area (Å²) in [5.74, 6) is -0.356. The number of hydrogen-bond acceptors (Lipinski definition) is 3. The van der Waals surface area contributed by atoms with Crippen molar-refractivity contribution in [2.45, 2.75) is 26.9 Å². The van der Waals surface area contributed by atoms with Gasteiger partial charge in [0.05, 0.1) is 0 Å². The molecular weight excluding hydrogens is 366 g/mol. The first-order valence-electron chi connectivity index (χ1n) is 4.86. The van der Waals surface area contributed by atoms with Crippen molar-refractivity contribution in [3.05, 3.63) is 17.7 Å². The molecule has 2 rings (SSSR count). The van der Waals surface area contributed by atoms with Gasteiger partial charge in [0.1, 0.15) is 0 Å². The van der Waals surface area contributed by atoms with Crippen molar-refractivity contribution in [2.24, 2.45) is 0 Å². The zero-order valence-corrected chi connectivity index (χ0v) is 12.1. The van der Waals surface area contributed by atoms with Crippen LogP contribution in [0.1, 0.15) is 22.1 Å². The Labute approximate surface area is 105 Å². The average Bonchev–Trinajstić information content (AvgIpc) is 2.83. The number of carbonyl (C=O) groups is 2. The van der Waals surface area contributed by atoms with Gasteiger partial charge in [-0.25, -0.2) is 0 Å². The molecule has 5 heteroatoms. The van der Waals surface area contributed by atoms with E-state index in [0.717, 1.165) is 4.90 Å². The van der Waals surface area contributed by atoms with Crippen molar-refractivity contribution < 1.29 is 36.8 Å². The van der Waals surface area contributed by atoms with E-state index < -0.39 is 0 Å². The largest absolute Gasteiger partial charge is 0.570 e. The number of epoxide rings is 1. The summed E-state index contributed by atoms with van der Waals surface area (Å²) in [6.07, 6.45) is 0.134. The molecule has 84 valence electrons. The third-order valence-electron chi connectivity index (χ3n) is 2.17. The second-order valence-corrected chi connectivity index (χ2v) is 3.30. The summed E-state index contributed by atoms with van der Waals surface area (Å²) >= 11 is 0. The maximum Gasteiger partial charge on any atom is 0.256 e. The van der Waals surface area contributed by atoms with E-state index in [0.29, 0.717) is 17.7 Å². The number of hydrogen-bond donors (Lipinski definition) is 0. The molecule has 0 aromatic carbocycles. The smallest absolute Gasteiger partial charge is 0.256 e. The number of nitrogens with zero attached hydrogens (tertiary/aromatic N) is 1. The fraction of sp³-hybridized carbons (Fsp3) is 0.500. The molecule has 1 saturated heterocycles. The van der Waals surface area contributed by atoms with Crippen LogP contribution < -0.4 is 0 Å². The molecule has 2 aliphatic heterocycles. The summed E-state index contributed by atoms with van der Waals surface area (Å²) in [7, 11) is 1.49. The van der Waals surface area contributed by atoms with Gasteiger partial charge in [0.15, 0.2) is 0 Å². The minimum Gasteiger partial charge on any atom is -0.570 e. The standard InChI is InChI=1S/C7H9NO2.C3H5O.W/c1-4-5(2)7(10)8(3)6(4)9;1-3-2-4-3;/h1-3H3;2-3H,1H3;/q;-1;/i;2D;. The van der Waals surface area contributed by atoms with Crippen LogP contribution in [0.15, 0.2) is 11.1 Å². The van der Waals surface area contributed by atoms with Gasteiger partial charge in [0.2, 0.25) is 0 Å². The van der Waals surface area contributed by atoms with Crippen LogP contribution in [0.25, 0.3) is 0 Å². The first kappa shape index (κ1) is 12.6. The van der Waals surface area contributed by atoms with E-state index in [1.54, 1.807) is 13.8 Å². The Morgan fingerprint density at radius 2 is 1.60 bits per heavy atom. The third-order valence-corrected chi connectivity index (χ3v) is 2.17. The van der Waals surface area contributed by atoms with E-state index in [1.807, 2.05) is 6.92 Å². The third kappa shape index (κ3) is 3.54. The number of ether oxygens (including phenoxy) is 1. The molecule has 0 aromatic heterocycles. The molecule has 15 heavy (non-hydrogen) atoms. The Kier molecular flexibility index (Phi) is 4.68. The molecule has 0 aromatic rings. The molecule has 2 heterocycles. The maximum atomic E-state index is 11.0. The molecule has 0 bridgehead atoms. The number of imide groups is 1. The van der Waals surface area contributed by atoms with Gasteiger partial charge in [-0.3, -0.25) is 14.5 Å². The van der Waals surface area contributed by atoms with E-state index in [-0.39, 0.29) is 39.0 Å². The molecule has 0 aliphatic carbocycles. The Balaban J connectivity index is 0.000000318. The average molecular weight is 381 g/mol. The van der Waals surface area contributed by atoms with E-state index >= 15 is 0 Å². The van der Waals surface area contributed by atoms with Crippen LogP contribution in [-0.4, -0.2) is 29.9 Å². The minimum atomic E-state index is -0.178. The van der Waals surface area contributed by atoms with Crippen molar-refractivity contribution in [3.8, 4) is 0 Å². The Bertz CT molecular complexity index is 313. The predicted octanol–water partition coefficient (Wildman–Crippen LogP) is 0.886. The Morgan fingerprint density at radius 3 is 1.67 bits per heavy atom. The molecule has 0 radical (unpaired) electrons. The zero-order valence-electron chi connectivity index (χ0n) is 10.2. The number of rotatable bonds is 0. The first-order valence-corrected chi connectivity index (χ1v) is 4.36. The monoisotopic (exact) mass is 381 g/mol. The van der Waals surface area contributed by atoms with Gasteiger partial charge in [-0.1, -0.05) is 13.0 Å². The number of likely N-dealkylation sites (N-methyl/N-ethyl adjacent to an activating group) is 1. The fourth-order valence-corrected chi connectivity index (χ4v) is 0.984. The summed E-state index contributed by atoms with van der Waals surface area (Å²) in [5.41, 5.74) is 1.13. The van der Waals surface area contributed by atoms with Crippen molar-refractivity contribution in [1.82, 2.24) is 4.90 Å². The fourth-order valence-electron chi connectivity index (χ4n) is 0.984. The quantitative estimate of drug-likeness (QED) is 0.356. The van der Waals surface area contributed by atoms with E-state index in [2.05, 4.69) is 4.74 Å². The Morgan fingerprint density at radius 1 is 1.33 bits per heavy atom. The van der Waals surface area contributed by atoms with Crippen LogP contribution in [0, 0.1) is 6.58 Å². The van der Waals surface area contributed by atoms with Crippen molar-refractivity contribution in [3.63, 3.8) is 0 Å². The van der Waals surface area contributed by atoms with Gasteiger partial charge in [0, 0.05) is 39.3 Å². The molecule has 1 atom stereocenters. The molecular formula is C10H14NO3W-. The molecule has 0 spiro atoms. The van der Waals surface area contributed by atoms with Crippen LogP contribution in [0.2, 0.25) is 0 Å². The van der Waals surface area contributed by atoms with Gasteiger partial charge < -0.3 is 4.74 Å². The molecule has 0 N–H and O–H groups in total. The molecule has 1 fully saturated rings. The van der Waals surface area contributed by atoms with E-state index in [9.17, 15) is 9.59 Å². The van der Waals surface area contributed by atoms with Crippen molar-refractivity contribution in [2.75, 3.05) is 7.05 Å². The Hall–Kier alpha value is -0.472. The second kappa shape index (κ2) is 5.57. The van der Waals surface area contributed by atoms with Crippen molar-refractivity contribution >= 4 is 11.8 Å². The molecule has 1 unspecified atom stereocenters. The van der Waals surface area contributed by atoms with Crippen LogP contribution in [0.3, 0.4) is 0 Å². The van der Waals surface area contributed by atoms with Crippen LogP contribution >= 0.6 is 0 Å². The van der Waals surface area contributed by atoms with E-state index in [4.69, 9.17) is 1.37 Å². The normalized spacial score (nSPS) is 25.7. The zero-order chi connectivity index (χ0) is 11.7. The molecule has 0 saturated carbocycles. The summed E-state index contributed by atoms with van der Waals surface area (Å²) in [5, 5.41) is 0. The van der Waals surface area contributed by atoms with Gasteiger partial charge in [-0.15, -0.1) is 0 Å². The van der Waals surface area contributed by atoms with Gasteiger partial charge >= 0.3 is 0 Å².